The molecule has 1 aromatic carbocycles. The number of carbonyl (C=O) groups is 1. The van der Waals surface area contributed by atoms with E-state index in [1.165, 1.54) is 30.0 Å². The highest BCUT2D eigenvalue weighted by Gasteiger charge is 2.30. The number of carbonyl (C=O) groups excluding carboxylic acids is 1. The van der Waals surface area contributed by atoms with Gasteiger partial charge in [0.15, 0.2) is 0 Å². The maximum absolute atomic E-state index is 12.7. The molecule has 0 atom stereocenters. The van der Waals surface area contributed by atoms with E-state index in [2.05, 4.69) is 4.74 Å². The molecule has 0 aliphatic carbocycles. The summed E-state index contributed by atoms with van der Waals surface area (Å²) in [6.07, 6.45) is -2.64. The number of hydrogen-bond donors (Lipinski definition) is 0. The zero-order valence-corrected chi connectivity index (χ0v) is 13.0. The van der Waals surface area contributed by atoms with Gasteiger partial charge in [-0.1, -0.05) is 18.2 Å². The van der Waals surface area contributed by atoms with Crippen LogP contribution >= 0.6 is 0 Å². The van der Waals surface area contributed by atoms with Gasteiger partial charge < -0.3 is 9.30 Å². The molecule has 1 heterocycles. The van der Waals surface area contributed by atoms with Crippen molar-refractivity contribution in [3.8, 4) is 0 Å². The van der Waals surface area contributed by atoms with Crippen molar-refractivity contribution in [2.45, 2.75) is 25.6 Å². The van der Waals surface area contributed by atoms with Gasteiger partial charge in [0.25, 0.3) is 5.56 Å². The first-order valence-electron chi connectivity index (χ1n) is 7.22. The Labute approximate surface area is 136 Å². The van der Waals surface area contributed by atoms with Crippen LogP contribution in [0.1, 0.15) is 23.1 Å². The third-order valence-electron chi connectivity index (χ3n) is 3.53. The number of methoxy groups -OCH3 is 1. The summed E-state index contributed by atoms with van der Waals surface area (Å²) in [5.41, 5.74) is -0.305. The maximum atomic E-state index is 12.7. The zero-order chi connectivity index (χ0) is 17.7. The minimum atomic E-state index is -4.43. The largest absolute Gasteiger partial charge is 0.469 e. The van der Waals surface area contributed by atoms with Gasteiger partial charge in [0.2, 0.25) is 0 Å². The van der Waals surface area contributed by atoms with E-state index >= 15 is 0 Å². The topological polar surface area (TPSA) is 48.3 Å². The van der Waals surface area contributed by atoms with E-state index in [0.29, 0.717) is 11.1 Å². The van der Waals surface area contributed by atoms with Crippen LogP contribution in [0.2, 0.25) is 0 Å². The number of pyridine rings is 1. The first-order valence-corrected chi connectivity index (χ1v) is 7.22. The Balaban J connectivity index is 2.22. The molecule has 0 unspecified atom stereocenters. The summed E-state index contributed by atoms with van der Waals surface area (Å²) in [6, 6.07) is 8.06. The summed E-state index contributed by atoms with van der Waals surface area (Å²) >= 11 is 0. The highest BCUT2D eigenvalue weighted by Crippen LogP contribution is 2.29. The normalized spacial score (nSPS) is 11.3. The summed E-state index contributed by atoms with van der Waals surface area (Å²) in [5.74, 6) is -0.428. The van der Waals surface area contributed by atoms with Crippen molar-refractivity contribution in [3.05, 3.63) is 69.6 Å². The number of esters is 1. The van der Waals surface area contributed by atoms with Crippen molar-refractivity contribution < 1.29 is 22.7 Å². The van der Waals surface area contributed by atoms with E-state index in [1.807, 2.05) is 0 Å². The second-order valence-corrected chi connectivity index (χ2v) is 5.24. The summed E-state index contributed by atoms with van der Waals surface area (Å²) in [7, 11) is 1.26. The summed E-state index contributed by atoms with van der Waals surface area (Å²) in [6.45, 7) is 0.0226. The summed E-state index contributed by atoms with van der Waals surface area (Å²) < 4.78 is 44.1. The molecule has 0 spiro atoms. The van der Waals surface area contributed by atoms with Gasteiger partial charge >= 0.3 is 12.1 Å². The molecular weight excluding hydrogens is 323 g/mol. The lowest BCUT2D eigenvalue weighted by Crippen LogP contribution is -2.24. The average Bonchev–Trinajstić information content (AvgIpc) is 2.55. The van der Waals surface area contributed by atoms with Crippen LogP contribution in [-0.4, -0.2) is 17.6 Å². The summed E-state index contributed by atoms with van der Waals surface area (Å²) in [4.78, 5) is 23.5. The molecule has 0 N–H and O–H groups in total. The highest BCUT2D eigenvalue weighted by atomic mass is 19.4. The Morgan fingerprint density at radius 3 is 2.62 bits per heavy atom. The molecule has 0 bridgehead atoms. The monoisotopic (exact) mass is 339 g/mol. The first-order chi connectivity index (χ1) is 11.3. The van der Waals surface area contributed by atoms with E-state index in [-0.39, 0.29) is 24.9 Å². The Morgan fingerprint density at radius 1 is 1.21 bits per heavy atom. The first kappa shape index (κ1) is 17.8. The fourth-order valence-corrected chi connectivity index (χ4v) is 2.28. The van der Waals surface area contributed by atoms with Crippen LogP contribution in [0.4, 0.5) is 13.2 Å². The van der Waals surface area contributed by atoms with Crippen LogP contribution in [0.5, 0.6) is 0 Å². The third-order valence-corrected chi connectivity index (χ3v) is 3.53. The molecule has 0 fully saturated rings. The van der Waals surface area contributed by atoms with Crippen LogP contribution in [0.3, 0.4) is 0 Å². The van der Waals surface area contributed by atoms with E-state index in [0.717, 1.165) is 12.1 Å². The molecule has 0 radical (unpaired) electrons. The van der Waals surface area contributed by atoms with Crippen LogP contribution < -0.4 is 5.56 Å². The zero-order valence-electron chi connectivity index (χ0n) is 13.0. The van der Waals surface area contributed by atoms with Gasteiger partial charge in [-0.3, -0.25) is 9.59 Å². The molecule has 0 saturated carbocycles. The number of hydrogen-bond acceptors (Lipinski definition) is 3. The standard InChI is InChI=1S/C17H16F3NO3/c1-24-15(22)8-7-13-5-3-9-21(16(13)23)11-12-4-2-6-14(10-12)17(18,19)20/h2-6,9-10H,7-8,11H2,1H3. The molecule has 24 heavy (non-hydrogen) atoms. The number of ether oxygens (including phenoxy) is 1. The third kappa shape index (κ3) is 4.47. The minimum Gasteiger partial charge on any atom is -0.469 e. The lowest BCUT2D eigenvalue weighted by molar-refractivity contribution is -0.140. The smallest absolute Gasteiger partial charge is 0.416 e. The molecule has 2 rings (SSSR count). The Morgan fingerprint density at radius 2 is 1.96 bits per heavy atom. The average molecular weight is 339 g/mol. The molecule has 4 nitrogen and oxygen atoms in total. The predicted molar refractivity (Wildman–Crippen MR) is 81.6 cm³/mol. The fourth-order valence-electron chi connectivity index (χ4n) is 2.28. The number of aryl methyl sites for hydroxylation is 1. The van der Waals surface area contributed by atoms with E-state index in [9.17, 15) is 22.8 Å². The second kappa shape index (κ2) is 7.33. The number of nitrogens with zero attached hydrogens (tertiary/aromatic N) is 1. The van der Waals surface area contributed by atoms with Crippen molar-refractivity contribution in [3.63, 3.8) is 0 Å². The minimum absolute atomic E-state index is 0.0226. The van der Waals surface area contributed by atoms with E-state index < -0.39 is 17.7 Å². The van der Waals surface area contributed by atoms with Gasteiger partial charge in [-0.2, -0.15) is 13.2 Å². The number of alkyl halides is 3. The van der Waals surface area contributed by atoms with Crippen molar-refractivity contribution in [2.24, 2.45) is 0 Å². The van der Waals surface area contributed by atoms with Crippen molar-refractivity contribution in [1.82, 2.24) is 4.57 Å². The maximum Gasteiger partial charge on any atom is 0.416 e. The molecule has 0 amide bonds. The number of aromatic nitrogens is 1. The fraction of sp³-hybridized carbons (Fsp3) is 0.294. The second-order valence-electron chi connectivity index (χ2n) is 5.24. The Bertz CT molecular complexity index is 781. The van der Waals surface area contributed by atoms with Gasteiger partial charge in [-0.05, 0) is 30.2 Å². The molecule has 0 aliphatic heterocycles. The van der Waals surface area contributed by atoms with Crippen molar-refractivity contribution in [1.29, 1.82) is 0 Å². The molecule has 0 aliphatic rings. The molecule has 7 heteroatoms. The molecule has 2 aromatic rings. The lowest BCUT2D eigenvalue weighted by atomic mass is 10.1. The number of halogens is 3. The van der Waals surface area contributed by atoms with E-state index in [1.54, 1.807) is 12.1 Å². The van der Waals surface area contributed by atoms with E-state index in [4.69, 9.17) is 0 Å². The van der Waals surface area contributed by atoms with Gasteiger partial charge in [0.05, 0.1) is 19.2 Å². The number of rotatable bonds is 5. The van der Waals surface area contributed by atoms with Gasteiger partial charge in [0.1, 0.15) is 0 Å². The molecular formula is C17H16F3NO3. The van der Waals surface area contributed by atoms with Crippen LogP contribution in [0.25, 0.3) is 0 Å². The summed E-state index contributed by atoms with van der Waals surface area (Å²) in [5, 5.41) is 0. The number of benzene rings is 1. The quantitative estimate of drug-likeness (QED) is 0.787. The van der Waals surface area contributed by atoms with Crippen molar-refractivity contribution in [2.75, 3.05) is 7.11 Å². The molecule has 0 saturated heterocycles. The van der Waals surface area contributed by atoms with Crippen LogP contribution in [0.15, 0.2) is 47.4 Å². The highest BCUT2D eigenvalue weighted by molar-refractivity contribution is 5.69. The molecule has 1 aromatic heterocycles. The predicted octanol–water partition coefficient (Wildman–Crippen LogP) is 3.02. The van der Waals surface area contributed by atoms with Crippen LogP contribution in [0, 0.1) is 0 Å². The van der Waals surface area contributed by atoms with Gasteiger partial charge in [0, 0.05) is 18.2 Å². The Kier molecular flexibility index (Phi) is 5.43. The Hall–Kier alpha value is -2.57. The van der Waals surface area contributed by atoms with Gasteiger partial charge in [-0.25, -0.2) is 0 Å². The molecule has 128 valence electrons. The van der Waals surface area contributed by atoms with Gasteiger partial charge in [-0.15, -0.1) is 0 Å². The lowest BCUT2D eigenvalue weighted by Gasteiger charge is -2.11. The van der Waals surface area contributed by atoms with Crippen molar-refractivity contribution >= 4 is 5.97 Å². The van der Waals surface area contributed by atoms with Crippen LogP contribution in [-0.2, 0) is 28.7 Å². The SMILES string of the molecule is COC(=O)CCc1cccn(Cc2cccc(C(F)(F)F)c2)c1=O.